The molecule has 0 aliphatic carbocycles. The van der Waals surface area contributed by atoms with Crippen LogP contribution < -0.4 is 5.43 Å². The molecule has 1 heterocycles. The molecule has 196 valence electrons. The molecule has 0 atom stereocenters. The standard InChI is InChI=1S/C28H25Cl2N3O4S/c1-19-7-12-24(13-8-19)38(35,36)33(17-21-9-14-26(29)27(30)15-21)18-23-11-10-22(37-23)16-31-32-28(34)25-6-4-3-5-20(25)2/h3-16H,17-18H2,1-2H3,(H,32,34)/b31-16-. The van der Waals surface area contributed by atoms with Gasteiger partial charge in [-0.15, -0.1) is 0 Å². The van der Waals surface area contributed by atoms with Gasteiger partial charge in [0.2, 0.25) is 10.0 Å². The molecule has 0 bridgehead atoms. The zero-order valence-electron chi connectivity index (χ0n) is 20.7. The van der Waals surface area contributed by atoms with Gasteiger partial charge in [0, 0.05) is 12.1 Å². The van der Waals surface area contributed by atoms with Crippen LogP contribution in [0.4, 0.5) is 0 Å². The Kier molecular flexibility index (Phi) is 8.69. The normalized spacial score (nSPS) is 11.8. The van der Waals surface area contributed by atoms with Crippen molar-refractivity contribution in [3.63, 3.8) is 0 Å². The second-order valence-electron chi connectivity index (χ2n) is 8.65. The summed E-state index contributed by atoms with van der Waals surface area (Å²) in [6, 6.07) is 22.1. The molecule has 0 radical (unpaired) electrons. The van der Waals surface area contributed by atoms with Gasteiger partial charge >= 0.3 is 0 Å². The van der Waals surface area contributed by atoms with Gasteiger partial charge in [0.15, 0.2) is 0 Å². The van der Waals surface area contributed by atoms with Crippen LogP contribution in [0.1, 0.15) is 38.6 Å². The van der Waals surface area contributed by atoms with Gasteiger partial charge in [-0.1, -0.05) is 65.2 Å². The number of aryl methyl sites for hydroxylation is 2. The third-order valence-corrected chi connectivity index (χ3v) is 8.31. The highest BCUT2D eigenvalue weighted by Gasteiger charge is 2.26. The van der Waals surface area contributed by atoms with E-state index in [1.54, 1.807) is 66.7 Å². The lowest BCUT2D eigenvalue weighted by Gasteiger charge is -2.22. The van der Waals surface area contributed by atoms with Crippen molar-refractivity contribution in [3.05, 3.63) is 123 Å². The topological polar surface area (TPSA) is 92.0 Å². The molecule has 10 heteroatoms. The van der Waals surface area contributed by atoms with Crippen molar-refractivity contribution in [1.82, 2.24) is 9.73 Å². The van der Waals surface area contributed by atoms with Gasteiger partial charge in [0.1, 0.15) is 11.5 Å². The number of hydrogen-bond donors (Lipinski definition) is 1. The minimum absolute atomic E-state index is 0.0418. The zero-order chi connectivity index (χ0) is 27.3. The lowest BCUT2D eigenvalue weighted by molar-refractivity contribution is 0.0954. The fourth-order valence-electron chi connectivity index (χ4n) is 3.69. The average Bonchev–Trinajstić information content (AvgIpc) is 3.33. The molecule has 0 unspecified atom stereocenters. The Labute approximate surface area is 231 Å². The van der Waals surface area contributed by atoms with Crippen LogP contribution in [0.2, 0.25) is 10.0 Å². The van der Waals surface area contributed by atoms with Crippen LogP contribution in [0.15, 0.2) is 93.3 Å². The Hall–Kier alpha value is -3.43. The number of furan rings is 1. The number of nitrogens with one attached hydrogen (secondary N) is 1. The van der Waals surface area contributed by atoms with E-state index in [0.717, 1.165) is 11.1 Å². The van der Waals surface area contributed by atoms with Crippen LogP contribution in [0.5, 0.6) is 0 Å². The lowest BCUT2D eigenvalue weighted by atomic mass is 10.1. The molecule has 7 nitrogen and oxygen atoms in total. The number of rotatable bonds is 9. The molecule has 0 saturated heterocycles. The number of halogens is 2. The van der Waals surface area contributed by atoms with Crippen LogP contribution in [0.3, 0.4) is 0 Å². The predicted octanol–water partition coefficient (Wildman–Crippen LogP) is 6.36. The summed E-state index contributed by atoms with van der Waals surface area (Å²) in [5.74, 6) is 0.405. The van der Waals surface area contributed by atoms with Gasteiger partial charge in [0.05, 0.1) is 27.7 Å². The first-order valence-corrected chi connectivity index (χ1v) is 13.8. The fraction of sp³-hybridized carbons (Fsp3) is 0.143. The number of sulfonamides is 1. The molecule has 0 aliphatic heterocycles. The summed E-state index contributed by atoms with van der Waals surface area (Å²) >= 11 is 12.2. The number of hydrogen-bond acceptors (Lipinski definition) is 5. The number of hydrazone groups is 1. The van der Waals surface area contributed by atoms with Gasteiger partial charge in [-0.2, -0.15) is 9.41 Å². The molecule has 1 aromatic heterocycles. The predicted molar refractivity (Wildman–Crippen MR) is 149 cm³/mol. The first-order valence-electron chi connectivity index (χ1n) is 11.6. The lowest BCUT2D eigenvalue weighted by Crippen LogP contribution is -2.30. The Bertz CT molecular complexity index is 1580. The van der Waals surface area contributed by atoms with Gasteiger partial charge in [0.25, 0.3) is 5.91 Å². The van der Waals surface area contributed by atoms with Crippen LogP contribution in [-0.2, 0) is 23.1 Å². The third-order valence-electron chi connectivity index (χ3n) is 5.76. The number of carbonyl (C=O) groups excluding carboxylic acids is 1. The number of carbonyl (C=O) groups is 1. The molecule has 4 aromatic rings. The van der Waals surface area contributed by atoms with E-state index in [9.17, 15) is 13.2 Å². The van der Waals surface area contributed by atoms with Crippen LogP contribution in [0, 0.1) is 13.8 Å². The third kappa shape index (κ3) is 6.71. The molecule has 1 amide bonds. The first kappa shape index (κ1) is 27.6. The zero-order valence-corrected chi connectivity index (χ0v) is 23.0. The Morgan fingerprint density at radius 2 is 1.68 bits per heavy atom. The average molecular weight is 570 g/mol. The largest absolute Gasteiger partial charge is 0.459 e. The highest BCUT2D eigenvalue weighted by Crippen LogP contribution is 2.26. The molecular formula is C28H25Cl2N3O4S. The number of benzene rings is 3. The van der Waals surface area contributed by atoms with Crippen LogP contribution in [0.25, 0.3) is 0 Å². The SMILES string of the molecule is Cc1ccc(S(=O)(=O)N(Cc2ccc(Cl)c(Cl)c2)Cc2ccc(/C=N\NC(=O)c3ccccc3C)o2)cc1. The highest BCUT2D eigenvalue weighted by molar-refractivity contribution is 7.89. The minimum Gasteiger partial charge on any atom is -0.459 e. The van der Waals surface area contributed by atoms with E-state index < -0.39 is 10.0 Å². The van der Waals surface area contributed by atoms with Gasteiger partial charge in [-0.3, -0.25) is 4.79 Å². The molecular weight excluding hydrogens is 545 g/mol. The van der Waals surface area contributed by atoms with Gasteiger partial charge < -0.3 is 4.42 Å². The Morgan fingerprint density at radius 1 is 0.947 bits per heavy atom. The van der Waals surface area contributed by atoms with E-state index in [1.807, 2.05) is 26.0 Å². The molecule has 0 fully saturated rings. The quantitative estimate of drug-likeness (QED) is 0.187. The summed E-state index contributed by atoms with van der Waals surface area (Å²) in [7, 11) is -3.88. The molecule has 38 heavy (non-hydrogen) atoms. The molecule has 1 N–H and O–H groups in total. The molecule has 0 spiro atoms. The van der Waals surface area contributed by atoms with E-state index in [1.165, 1.54) is 10.5 Å². The van der Waals surface area contributed by atoms with Crippen LogP contribution in [-0.4, -0.2) is 24.8 Å². The summed E-state index contributed by atoms with van der Waals surface area (Å²) in [5.41, 5.74) is 5.44. The summed E-state index contributed by atoms with van der Waals surface area (Å²) in [4.78, 5) is 12.5. The summed E-state index contributed by atoms with van der Waals surface area (Å²) in [6.45, 7) is 3.73. The fourth-order valence-corrected chi connectivity index (χ4v) is 5.41. The van der Waals surface area contributed by atoms with E-state index in [2.05, 4.69) is 10.5 Å². The maximum absolute atomic E-state index is 13.6. The maximum Gasteiger partial charge on any atom is 0.271 e. The highest BCUT2D eigenvalue weighted by atomic mass is 35.5. The molecule has 0 aliphatic rings. The number of nitrogens with zero attached hydrogens (tertiary/aromatic N) is 2. The van der Waals surface area contributed by atoms with Crippen molar-refractivity contribution >= 4 is 45.3 Å². The van der Waals surface area contributed by atoms with Crippen molar-refractivity contribution in [1.29, 1.82) is 0 Å². The van der Waals surface area contributed by atoms with Gasteiger partial charge in [-0.05, 0) is 67.4 Å². The summed E-state index contributed by atoms with van der Waals surface area (Å²) in [6.07, 6.45) is 1.36. The van der Waals surface area contributed by atoms with Crippen molar-refractivity contribution in [3.8, 4) is 0 Å². The van der Waals surface area contributed by atoms with E-state index in [4.69, 9.17) is 27.6 Å². The molecule has 3 aromatic carbocycles. The molecule has 4 rings (SSSR count). The molecule has 0 saturated carbocycles. The summed E-state index contributed by atoms with van der Waals surface area (Å²) in [5, 5.41) is 4.68. The first-order chi connectivity index (χ1) is 18.1. The summed E-state index contributed by atoms with van der Waals surface area (Å²) < 4.78 is 34.2. The number of amides is 1. The second-order valence-corrected chi connectivity index (χ2v) is 11.4. The minimum atomic E-state index is -3.88. The van der Waals surface area contributed by atoms with E-state index in [0.29, 0.717) is 32.7 Å². The smallest absolute Gasteiger partial charge is 0.271 e. The van der Waals surface area contributed by atoms with Crippen LogP contribution >= 0.6 is 23.2 Å². The maximum atomic E-state index is 13.6. The van der Waals surface area contributed by atoms with Gasteiger partial charge in [-0.25, -0.2) is 13.8 Å². The van der Waals surface area contributed by atoms with Crippen molar-refractivity contribution in [2.24, 2.45) is 5.10 Å². The second kappa shape index (κ2) is 12.0. The monoisotopic (exact) mass is 569 g/mol. The Morgan fingerprint density at radius 3 is 2.39 bits per heavy atom. The van der Waals surface area contributed by atoms with E-state index >= 15 is 0 Å². The van der Waals surface area contributed by atoms with E-state index in [-0.39, 0.29) is 23.9 Å². The van der Waals surface area contributed by atoms with Crippen molar-refractivity contribution < 1.29 is 17.6 Å². The Balaban J connectivity index is 1.53. The van der Waals surface area contributed by atoms with Crippen molar-refractivity contribution in [2.45, 2.75) is 31.8 Å². The van der Waals surface area contributed by atoms with Crippen molar-refractivity contribution in [2.75, 3.05) is 0 Å².